The average Bonchev–Trinajstić information content (AvgIpc) is 2.99. The molecule has 0 fully saturated rings. The molecule has 0 aliphatic rings. The number of anilines is 1. The van der Waals surface area contributed by atoms with Gasteiger partial charge in [-0.1, -0.05) is 84.4 Å². The number of hydrogen-bond acceptors (Lipinski definition) is 4. The van der Waals surface area contributed by atoms with E-state index in [1.165, 1.54) is 29.2 Å². The highest BCUT2D eigenvalue weighted by molar-refractivity contribution is 7.92. The first-order valence-corrected chi connectivity index (χ1v) is 15.9. The number of carbonyl (C=O) groups excluding carboxylic acids is 2. The van der Waals surface area contributed by atoms with Gasteiger partial charge in [0.15, 0.2) is 0 Å². The van der Waals surface area contributed by atoms with Crippen molar-refractivity contribution >= 4 is 39.1 Å². The van der Waals surface area contributed by atoms with Crippen molar-refractivity contribution in [3.05, 3.63) is 131 Å². The third-order valence-electron chi connectivity index (χ3n) is 7.03. The van der Waals surface area contributed by atoms with Crippen LogP contribution in [0.3, 0.4) is 0 Å². The largest absolute Gasteiger partial charge is 0.352 e. The highest BCUT2D eigenvalue weighted by atomic mass is 35.5. The van der Waals surface area contributed by atoms with Crippen molar-refractivity contribution < 1.29 is 18.0 Å². The fraction of sp³-hybridized carbons (Fsp3) is 0.235. The van der Waals surface area contributed by atoms with Crippen LogP contribution in [-0.4, -0.2) is 43.8 Å². The van der Waals surface area contributed by atoms with Crippen molar-refractivity contribution in [3.8, 4) is 0 Å². The Morgan fingerprint density at radius 2 is 1.40 bits per heavy atom. The number of rotatable bonds is 12. The number of hydrogen-bond donors (Lipinski definition) is 1. The number of amides is 2. The first-order chi connectivity index (χ1) is 20.6. The Labute approximate surface area is 259 Å². The third kappa shape index (κ3) is 8.24. The molecule has 0 saturated heterocycles. The van der Waals surface area contributed by atoms with Crippen LogP contribution in [0.25, 0.3) is 0 Å². The lowest BCUT2D eigenvalue weighted by molar-refractivity contribution is -0.140. The lowest BCUT2D eigenvalue weighted by Gasteiger charge is -2.34. The lowest BCUT2D eigenvalue weighted by Crippen LogP contribution is -2.54. The minimum absolute atomic E-state index is 0.00241. The molecule has 4 rings (SSSR count). The van der Waals surface area contributed by atoms with Crippen molar-refractivity contribution in [2.24, 2.45) is 0 Å². The molecule has 0 aliphatic carbocycles. The zero-order valence-electron chi connectivity index (χ0n) is 24.5. The molecule has 0 spiro atoms. The van der Waals surface area contributed by atoms with Gasteiger partial charge in [-0.05, 0) is 73.9 Å². The van der Waals surface area contributed by atoms with Crippen molar-refractivity contribution in [2.75, 3.05) is 10.8 Å². The molecule has 0 saturated carbocycles. The quantitative estimate of drug-likeness (QED) is 0.211. The average molecular weight is 618 g/mol. The van der Waals surface area contributed by atoms with Crippen LogP contribution in [0.2, 0.25) is 5.02 Å². The van der Waals surface area contributed by atoms with Crippen LogP contribution in [0.4, 0.5) is 5.69 Å². The zero-order valence-corrected chi connectivity index (χ0v) is 26.1. The Morgan fingerprint density at radius 3 is 2.00 bits per heavy atom. The monoisotopic (exact) mass is 617 g/mol. The Kier molecular flexibility index (Phi) is 10.6. The van der Waals surface area contributed by atoms with Gasteiger partial charge in [-0.25, -0.2) is 8.42 Å². The molecule has 0 radical (unpaired) electrons. The fourth-order valence-electron chi connectivity index (χ4n) is 4.76. The SMILES string of the molecule is Cc1ccccc1CN(C(=O)CN(c1ccccc1)S(=O)(=O)c1ccc(Cl)cc1)C(Cc1ccccc1)C(=O)NC(C)C. The van der Waals surface area contributed by atoms with E-state index in [4.69, 9.17) is 11.6 Å². The van der Waals surface area contributed by atoms with E-state index in [2.05, 4.69) is 5.32 Å². The Hall–Kier alpha value is -4.14. The summed E-state index contributed by atoms with van der Waals surface area (Å²) in [6, 6.07) is 30.4. The summed E-state index contributed by atoms with van der Waals surface area (Å²) >= 11 is 6.03. The number of benzene rings is 4. The summed E-state index contributed by atoms with van der Waals surface area (Å²) in [5, 5.41) is 3.36. The molecule has 7 nitrogen and oxygen atoms in total. The highest BCUT2D eigenvalue weighted by Gasteiger charge is 2.35. The number of aryl methyl sites for hydroxylation is 1. The van der Waals surface area contributed by atoms with Gasteiger partial charge in [-0.15, -0.1) is 0 Å². The van der Waals surface area contributed by atoms with Crippen LogP contribution in [-0.2, 0) is 32.6 Å². The van der Waals surface area contributed by atoms with E-state index in [0.29, 0.717) is 10.7 Å². The zero-order chi connectivity index (χ0) is 31.0. The number of para-hydroxylation sites is 1. The van der Waals surface area contributed by atoms with Gasteiger partial charge in [0, 0.05) is 24.0 Å². The molecule has 1 N–H and O–H groups in total. The maximum Gasteiger partial charge on any atom is 0.264 e. The minimum Gasteiger partial charge on any atom is -0.352 e. The molecular formula is C34H36ClN3O4S. The molecular weight excluding hydrogens is 582 g/mol. The van der Waals surface area contributed by atoms with E-state index in [1.54, 1.807) is 30.3 Å². The normalized spacial score (nSPS) is 12.0. The van der Waals surface area contributed by atoms with Gasteiger partial charge in [0.1, 0.15) is 12.6 Å². The lowest BCUT2D eigenvalue weighted by atomic mass is 10.0. The summed E-state index contributed by atoms with van der Waals surface area (Å²) in [7, 11) is -4.18. The molecule has 1 unspecified atom stereocenters. The molecule has 9 heteroatoms. The number of halogens is 1. The highest BCUT2D eigenvalue weighted by Crippen LogP contribution is 2.26. The topological polar surface area (TPSA) is 86.8 Å². The summed E-state index contributed by atoms with van der Waals surface area (Å²) in [4.78, 5) is 29.6. The first-order valence-electron chi connectivity index (χ1n) is 14.1. The smallest absolute Gasteiger partial charge is 0.264 e. The van der Waals surface area contributed by atoms with Crippen LogP contribution in [0, 0.1) is 6.92 Å². The van der Waals surface area contributed by atoms with E-state index < -0.39 is 28.5 Å². The van der Waals surface area contributed by atoms with Gasteiger partial charge >= 0.3 is 0 Å². The Bertz CT molecular complexity index is 1630. The Balaban J connectivity index is 1.79. The van der Waals surface area contributed by atoms with Gasteiger partial charge in [-0.2, -0.15) is 0 Å². The van der Waals surface area contributed by atoms with Crippen molar-refractivity contribution in [1.82, 2.24) is 10.2 Å². The number of sulfonamides is 1. The summed E-state index contributed by atoms with van der Waals surface area (Å²) in [5.41, 5.74) is 3.02. The fourth-order valence-corrected chi connectivity index (χ4v) is 6.30. The standard InChI is InChI=1S/C34H36ClN3O4S/c1-25(2)36-34(40)32(22-27-13-6-4-7-14-27)37(23-28-15-11-10-12-26(28)3)33(39)24-38(30-16-8-5-9-17-30)43(41,42)31-20-18-29(35)19-21-31/h4-21,25,32H,22-24H2,1-3H3,(H,36,40). The van der Waals surface area contributed by atoms with Crippen LogP contribution < -0.4 is 9.62 Å². The number of carbonyl (C=O) groups is 2. The summed E-state index contributed by atoms with van der Waals surface area (Å²) < 4.78 is 29.1. The van der Waals surface area contributed by atoms with Gasteiger partial charge in [0.25, 0.3) is 10.0 Å². The van der Waals surface area contributed by atoms with Gasteiger partial charge < -0.3 is 10.2 Å². The number of nitrogens with zero attached hydrogens (tertiary/aromatic N) is 2. The van der Waals surface area contributed by atoms with E-state index in [-0.39, 0.29) is 29.8 Å². The molecule has 4 aromatic carbocycles. The van der Waals surface area contributed by atoms with E-state index in [9.17, 15) is 18.0 Å². The van der Waals surface area contributed by atoms with E-state index in [1.807, 2.05) is 75.4 Å². The molecule has 1 atom stereocenters. The van der Waals surface area contributed by atoms with Crippen LogP contribution in [0.1, 0.15) is 30.5 Å². The maximum atomic E-state index is 14.4. The third-order valence-corrected chi connectivity index (χ3v) is 9.07. The molecule has 43 heavy (non-hydrogen) atoms. The van der Waals surface area contributed by atoms with E-state index in [0.717, 1.165) is 21.0 Å². The van der Waals surface area contributed by atoms with Crippen LogP contribution >= 0.6 is 11.6 Å². The van der Waals surface area contributed by atoms with Crippen molar-refractivity contribution in [2.45, 2.75) is 50.7 Å². The molecule has 0 bridgehead atoms. The molecule has 4 aromatic rings. The summed E-state index contributed by atoms with van der Waals surface area (Å²) in [6.07, 6.45) is 0.256. The second-order valence-electron chi connectivity index (χ2n) is 10.6. The number of nitrogens with one attached hydrogen (secondary N) is 1. The minimum atomic E-state index is -4.18. The second kappa shape index (κ2) is 14.4. The van der Waals surface area contributed by atoms with Crippen LogP contribution in [0.5, 0.6) is 0 Å². The van der Waals surface area contributed by atoms with Crippen molar-refractivity contribution in [3.63, 3.8) is 0 Å². The molecule has 0 heterocycles. The van der Waals surface area contributed by atoms with Gasteiger partial charge in [0.2, 0.25) is 11.8 Å². The van der Waals surface area contributed by atoms with Crippen LogP contribution in [0.15, 0.2) is 114 Å². The first kappa shape index (κ1) is 31.8. The van der Waals surface area contributed by atoms with Crippen molar-refractivity contribution in [1.29, 1.82) is 0 Å². The summed E-state index contributed by atoms with van der Waals surface area (Å²) in [6.45, 7) is 5.28. The predicted molar refractivity (Wildman–Crippen MR) is 171 cm³/mol. The Morgan fingerprint density at radius 1 is 0.814 bits per heavy atom. The second-order valence-corrected chi connectivity index (χ2v) is 12.9. The summed E-state index contributed by atoms with van der Waals surface area (Å²) in [5.74, 6) is -0.822. The predicted octanol–water partition coefficient (Wildman–Crippen LogP) is 6.01. The van der Waals surface area contributed by atoms with Gasteiger partial charge in [0.05, 0.1) is 10.6 Å². The molecule has 0 aliphatic heterocycles. The molecule has 2 amide bonds. The van der Waals surface area contributed by atoms with E-state index >= 15 is 0 Å². The maximum absolute atomic E-state index is 14.4. The van der Waals surface area contributed by atoms with Gasteiger partial charge in [-0.3, -0.25) is 13.9 Å². The molecule has 224 valence electrons. The molecule has 0 aromatic heterocycles.